The fourth-order valence-electron chi connectivity index (χ4n) is 2.49. The van der Waals surface area contributed by atoms with Crippen molar-refractivity contribution < 1.29 is 4.79 Å². The Morgan fingerprint density at radius 3 is 2.95 bits per heavy atom. The zero-order valence-corrected chi connectivity index (χ0v) is 11.5. The van der Waals surface area contributed by atoms with Crippen molar-refractivity contribution in [3.63, 3.8) is 0 Å². The van der Waals surface area contributed by atoms with Gasteiger partial charge in [-0.15, -0.1) is 0 Å². The van der Waals surface area contributed by atoms with Crippen LogP contribution in [0.1, 0.15) is 32.1 Å². The normalized spacial score (nSPS) is 16.4. The number of carbonyl (C=O) groups excluding carboxylic acids is 1. The molecule has 1 saturated heterocycles. The zero-order valence-electron chi connectivity index (χ0n) is 11.5. The SMILES string of the molecule is O=C(CC1CCNCC1)NCCCCn1ccnc1. The summed E-state index contributed by atoms with van der Waals surface area (Å²) in [7, 11) is 0. The molecule has 1 aromatic rings. The Balaban J connectivity index is 1.49. The number of aromatic nitrogens is 2. The molecule has 0 spiro atoms. The Labute approximate surface area is 114 Å². The lowest BCUT2D eigenvalue weighted by Crippen LogP contribution is -2.32. The van der Waals surface area contributed by atoms with Crippen molar-refractivity contribution in [1.82, 2.24) is 20.2 Å². The topological polar surface area (TPSA) is 59.0 Å². The van der Waals surface area contributed by atoms with Crippen LogP contribution < -0.4 is 10.6 Å². The highest BCUT2D eigenvalue weighted by Gasteiger charge is 2.16. The van der Waals surface area contributed by atoms with Crippen LogP contribution in [0.15, 0.2) is 18.7 Å². The number of nitrogens with one attached hydrogen (secondary N) is 2. The molecule has 1 fully saturated rings. The summed E-state index contributed by atoms with van der Waals surface area (Å²) in [4.78, 5) is 15.8. The standard InChI is InChI=1S/C14H24N4O/c19-14(11-13-3-6-15-7-4-13)17-5-1-2-9-18-10-8-16-12-18/h8,10,12-13,15H,1-7,9,11H2,(H,17,19). The summed E-state index contributed by atoms with van der Waals surface area (Å²) in [5.41, 5.74) is 0. The molecule has 0 atom stereocenters. The van der Waals surface area contributed by atoms with E-state index in [1.807, 2.05) is 12.5 Å². The van der Waals surface area contributed by atoms with Crippen LogP contribution >= 0.6 is 0 Å². The molecule has 2 rings (SSSR count). The Kier molecular flexibility index (Phi) is 5.88. The summed E-state index contributed by atoms with van der Waals surface area (Å²) in [6, 6.07) is 0. The number of imidazole rings is 1. The Morgan fingerprint density at radius 1 is 1.37 bits per heavy atom. The van der Waals surface area contributed by atoms with Gasteiger partial charge in [0.25, 0.3) is 0 Å². The number of piperidine rings is 1. The van der Waals surface area contributed by atoms with E-state index in [2.05, 4.69) is 20.2 Å². The van der Waals surface area contributed by atoms with E-state index in [1.54, 1.807) is 6.20 Å². The highest BCUT2D eigenvalue weighted by atomic mass is 16.1. The number of hydrogen-bond acceptors (Lipinski definition) is 3. The lowest BCUT2D eigenvalue weighted by Gasteiger charge is -2.21. The number of amides is 1. The number of rotatable bonds is 7. The minimum Gasteiger partial charge on any atom is -0.356 e. The van der Waals surface area contributed by atoms with Crippen molar-refractivity contribution in [1.29, 1.82) is 0 Å². The number of unbranched alkanes of at least 4 members (excludes halogenated alkanes) is 1. The van der Waals surface area contributed by atoms with Crippen LogP contribution in [-0.2, 0) is 11.3 Å². The second-order valence-electron chi connectivity index (χ2n) is 5.26. The van der Waals surface area contributed by atoms with E-state index >= 15 is 0 Å². The average molecular weight is 264 g/mol. The molecule has 1 aliphatic heterocycles. The fourth-order valence-corrected chi connectivity index (χ4v) is 2.49. The maximum Gasteiger partial charge on any atom is 0.220 e. The van der Waals surface area contributed by atoms with Gasteiger partial charge in [0.1, 0.15) is 0 Å². The smallest absolute Gasteiger partial charge is 0.220 e. The van der Waals surface area contributed by atoms with E-state index in [0.29, 0.717) is 12.3 Å². The molecule has 0 aromatic carbocycles. The van der Waals surface area contributed by atoms with E-state index < -0.39 is 0 Å². The average Bonchev–Trinajstić information content (AvgIpc) is 2.92. The molecular weight excluding hydrogens is 240 g/mol. The molecule has 5 nitrogen and oxygen atoms in total. The predicted octanol–water partition coefficient (Wildman–Crippen LogP) is 1.17. The molecule has 0 saturated carbocycles. The summed E-state index contributed by atoms with van der Waals surface area (Å²) in [5.74, 6) is 0.793. The predicted molar refractivity (Wildman–Crippen MR) is 74.7 cm³/mol. The van der Waals surface area contributed by atoms with Crippen LogP contribution in [0.5, 0.6) is 0 Å². The maximum absolute atomic E-state index is 11.8. The maximum atomic E-state index is 11.8. The molecule has 0 aliphatic carbocycles. The molecule has 0 unspecified atom stereocenters. The molecule has 2 heterocycles. The number of hydrogen-bond donors (Lipinski definition) is 2. The van der Waals surface area contributed by atoms with Crippen LogP contribution in [0.2, 0.25) is 0 Å². The molecule has 1 aromatic heterocycles. The van der Waals surface area contributed by atoms with Gasteiger partial charge in [-0.2, -0.15) is 0 Å². The van der Waals surface area contributed by atoms with Crippen LogP contribution in [0.4, 0.5) is 0 Å². The monoisotopic (exact) mass is 264 g/mol. The minimum absolute atomic E-state index is 0.217. The van der Waals surface area contributed by atoms with Gasteiger partial charge in [0.05, 0.1) is 6.33 Å². The van der Waals surface area contributed by atoms with Gasteiger partial charge >= 0.3 is 0 Å². The Hall–Kier alpha value is -1.36. The molecule has 19 heavy (non-hydrogen) atoms. The van der Waals surface area contributed by atoms with Gasteiger partial charge in [0.2, 0.25) is 5.91 Å². The summed E-state index contributed by atoms with van der Waals surface area (Å²) < 4.78 is 2.07. The fraction of sp³-hybridized carbons (Fsp3) is 0.714. The third-order valence-corrected chi connectivity index (χ3v) is 3.66. The molecule has 0 radical (unpaired) electrons. The number of carbonyl (C=O) groups is 1. The van der Waals surface area contributed by atoms with E-state index in [4.69, 9.17) is 0 Å². The van der Waals surface area contributed by atoms with Gasteiger partial charge in [0, 0.05) is 31.9 Å². The van der Waals surface area contributed by atoms with Crippen molar-refractivity contribution >= 4 is 5.91 Å². The van der Waals surface area contributed by atoms with Crippen molar-refractivity contribution in [3.8, 4) is 0 Å². The highest BCUT2D eigenvalue weighted by Crippen LogP contribution is 2.15. The molecule has 1 aliphatic rings. The van der Waals surface area contributed by atoms with Crippen LogP contribution in [0.25, 0.3) is 0 Å². The first-order chi connectivity index (χ1) is 9.34. The summed E-state index contributed by atoms with van der Waals surface area (Å²) >= 11 is 0. The van der Waals surface area contributed by atoms with E-state index in [9.17, 15) is 4.79 Å². The first-order valence-electron chi connectivity index (χ1n) is 7.28. The van der Waals surface area contributed by atoms with Gasteiger partial charge in [-0.1, -0.05) is 0 Å². The van der Waals surface area contributed by atoms with Crippen molar-refractivity contribution in [2.24, 2.45) is 5.92 Å². The molecule has 106 valence electrons. The van der Waals surface area contributed by atoms with E-state index in [1.165, 1.54) is 0 Å². The van der Waals surface area contributed by atoms with Gasteiger partial charge in [-0.3, -0.25) is 4.79 Å². The first kappa shape index (κ1) is 14.1. The largest absolute Gasteiger partial charge is 0.356 e. The Morgan fingerprint density at radius 2 is 2.21 bits per heavy atom. The molecule has 2 N–H and O–H groups in total. The van der Waals surface area contributed by atoms with Gasteiger partial charge in [0.15, 0.2) is 0 Å². The van der Waals surface area contributed by atoms with E-state index in [-0.39, 0.29) is 5.91 Å². The third-order valence-electron chi connectivity index (χ3n) is 3.66. The van der Waals surface area contributed by atoms with Crippen LogP contribution in [0.3, 0.4) is 0 Å². The molecule has 1 amide bonds. The minimum atomic E-state index is 0.217. The number of aryl methyl sites for hydroxylation is 1. The second-order valence-corrected chi connectivity index (χ2v) is 5.26. The lowest BCUT2D eigenvalue weighted by atomic mass is 9.94. The van der Waals surface area contributed by atoms with Gasteiger partial charge in [-0.25, -0.2) is 4.98 Å². The first-order valence-corrected chi connectivity index (χ1v) is 7.28. The van der Waals surface area contributed by atoms with Crippen LogP contribution in [0, 0.1) is 5.92 Å². The van der Waals surface area contributed by atoms with Crippen molar-refractivity contribution in [2.75, 3.05) is 19.6 Å². The molecule has 0 bridgehead atoms. The van der Waals surface area contributed by atoms with Crippen molar-refractivity contribution in [3.05, 3.63) is 18.7 Å². The zero-order chi connectivity index (χ0) is 13.3. The highest BCUT2D eigenvalue weighted by molar-refractivity contribution is 5.76. The van der Waals surface area contributed by atoms with Gasteiger partial charge in [-0.05, 0) is 44.7 Å². The Bertz CT molecular complexity index is 358. The second kappa shape index (κ2) is 7.94. The number of nitrogens with zero attached hydrogens (tertiary/aromatic N) is 2. The summed E-state index contributed by atoms with van der Waals surface area (Å²) in [6.45, 7) is 3.88. The van der Waals surface area contributed by atoms with Crippen LogP contribution in [-0.4, -0.2) is 35.1 Å². The molecular formula is C14H24N4O. The summed E-state index contributed by atoms with van der Waals surface area (Å²) in [5, 5.41) is 6.35. The summed E-state index contributed by atoms with van der Waals surface area (Å²) in [6.07, 6.45) is 10.7. The quantitative estimate of drug-likeness (QED) is 0.727. The lowest BCUT2D eigenvalue weighted by molar-refractivity contribution is -0.122. The van der Waals surface area contributed by atoms with E-state index in [0.717, 1.165) is 51.9 Å². The van der Waals surface area contributed by atoms with Crippen molar-refractivity contribution in [2.45, 2.75) is 38.6 Å². The molecule has 5 heteroatoms. The third kappa shape index (κ3) is 5.42. The van der Waals surface area contributed by atoms with Gasteiger partial charge < -0.3 is 15.2 Å².